The Morgan fingerprint density at radius 3 is 2.50 bits per heavy atom. The lowest BCUT2D eigenvalue weighted by atomic mass is 10.1. The molecule has 1 aliphatic heterocycles. The summed E-state index contributed by atoms with van der Waals surface area (Å²) in [4.78, 5) is 0. The largest absolute Gasteiger partial charge is 0.368 e. The predicted octanol–water partition coefficient (Wildman–Crippen LogP) is 3.59. The van der Waals surface area contributed by atoms with Crippen molar-refractivity contribution in [3.05, 3.63) is 0 Å². The fraction of sp³-hybridized carbons (Fsp3) is 1.00. The van der Waals surface area contributed by atoms with Gasteiger partial charge in [0.1, 0.15) is 6.10 Å². The molecule has 0 spiro atoms. The molecule has 5 heteroatoms. The van der Waals surface area contributed by atoms with Crippen molar-refractivity contribution in [2.45, 2.75) is 97.1 Å². The molecule has 1 aliphatic rings. The summed E-state index contributed by atoms with van der Waals surface area (Å²) in [5.74, 6) is -0.533. The van der Waals surface area contributed by atoms with Crippen LogP contribution < -0.4 is 0 Å². The van der Waals surface area contributed by atoms with E-state index in [1.807, 2.05) is 20.8 Å². The van der Waals surface area contributed by atoms with E-state index in [1.54, 1.807) is 0 Å². The van der Waals surface area contributed by atoms with E-state index < -0.39 is 18.4 Å². The number of ether oxygens (including phenoxy) is 4. The summed E-state index contributed by atoms with van der Waals surface area (Å²) in [6.07, 6.45) is 6.02. The third-order valence-corrected chi connectivity index (χ3v) is 3.73. The fourth-order valence-electron chi connectivity index (χ4n) is 2.48. The minimum atomic E-state index is -0.747. The number of aliphatic hydroxyl groups excluding tert-OH is 1. The van der Waals surface area contributed by atoms with Crippen LogP contribution in [0.4, 0.5) is 0 Å². The average Bonchev–Trinajstić information content (AvgIpc) is 2.82. The topological polar surface area (TPSA) is 57.2 Å². The molecule has 1 rings (SSSR count). The first kappa shape index (κ1) is 19.8. The van der Waals surface area contributed by atoms with Crippen LogP contribution in [-0.2, 0) is 18.9 Å². The van der Waals surface area contributed by atoms with Gasteiger partial charge in [-0.25, -0.2) is 0 Å². The van der Waals surface area contributed by atoms with Crippen LogP contribution in [0, 0.1) is 0 Å². The molecular weight excluding hydrogens is 284 g/mol. The molecule has 3 atom stereocenters. The Morgan fingerprint density at radius 1 is 1.18 bits per heavy atom. The van der Waals surface area contributed by atoms with Crippen molar-refractivity contribution in [1.82, 2.24) is 0 Å². The van der Waals surface area contributed by atoms with E-state index in [0.29, 0.717) is 26.1 Å². The van der Waals surface area contributed by atoms with Crippen molar-refractivity contribution < 1.29 is 24.1 Å². The first-order chi connectivity index (χ1) is 10.5. The van der Waals surface area contributed by atoms with Crippen molar-refractivity contribution in [3.63, 3.8) is 0 Å². The Kier molecular flexibility index (Phi) is 9.52. The molecule has 0 aromatic carbocycles. The highest BCUT2D eigenvalue weighted by Crippen LogP contribution is 2.23. The van der Waals surface area contributed by atoms with Crippen molar-refractivity contribution in [1.29, 1.82) is 0 Å². The van der Waals surface area contributed by atoms with Gasteiger partial charge in [-0.05, 0) is 33.1 Å². The zero-order valence-electron chi connectivity index (χ0n) is 14.7. The number of aliphatic hydroxyl groups is 1. The quantitative estimate of drug-likeness (QED) is 0.440. The van der Waals surface area contributed by atoms with Crippen LogP contribution in [0.15, 0.2) is 0 Å². The molecule has 0 saturated carbocycles. The van der Waals surface area contributed by atoms with Gasteiger partial charge in [0.05, 0.1) is 13.2 Å². The van der Waals surface area contributed by atoms with Crippen LogP contribution in [0.25, 0.3) is 0 Å². The van der Waals surface area contributed by atoms with Crippen molar-refractivity contribution in [2.75, 3.05) is 13.2 Å². The van der Waals surface area contributed by atoms with Crippen molar-refractivity contribution >= 4 is 0 Å². The van der Waals surface area contributed by atoms with Gasteiger partial charge in [-0.15, -0.1) is 0 Å². The van der Waals surface area contributed by atoms with Crippen LogP contribution >= 0.6 is 0 Å². The smallest absolute Gasteiger partial charge is 0.163 e. The Labute approximate surface area is 135 Å². The zero-order chi connectivity index (χ0) is 16.4. The van der Waals surface area contributed by atoms with E-state index in [1.165, 1.54) is 19.3 Å². The molecule has 0 bridgehead atoms. The van der Waals surface area contributed by atoms with Gasteiger partial charge in [0.25, 0.3) is 0 Å². The second kappa shape index (κ2) is 10.6. The number of hydrogen-bond donors (Lipinski definition) is 1. The van der Waals surface area contributed by atoms with E-state index in [0.717, 1.165) is 12.8 Å². The summed E-state index contributed by atoms with van der Waals surface area (Å²) in [6, 6.07) is 0. The summed E-state index contributed by atoms with van der Waals surface area (Å²) in [5.41, 5.74) is 0. The van der Waals surface area contributed by atoms with Gasteiger partial charge < -0.3 is 24.1 Å². The summed E-state index contributed by atoms with van der Waals surface area (Å²) >= 11 is 0. The van der Waals surface area contributed by atoms with Crippen LogP contribution in [0.3, 0.4) is 0 Å². The van der Waals surface area contributed by atoms with Gasteiger partial charge in [-0.3, -0.25) is 0 Å². The Morgan fingerprint density at radius 2 is 1.91 bits per heavy atom. The molecule has 0 radical (unpaired) electrons. The van der Waals surface area contributed by atoms with Gasteiger partial charge >= 0.3 is 0 Å². The Bertz CT molecular complexity index is 282. The molecule has 3 unspecified atom stereocenters. The minimum Gasteiger partial charge on any atom is -0.368 e. The number of rotatable bonds is 12. The second-order valence-electron chi connectivity index (χ2n) is 6.42. The lowest BCUT2D eigenvalue weighted by Gasteiger charge is -2.22. The van der Waals surface area contributed by atoms with Crippen LogP contribution in [0.1, 0.15) is 72.6 Å². The van der Waals surface area contributed by atoms with Gasteiger partial charge in [0, 0.05) is 0 Å². The van der Waals surface area contributed by atoms with Crippen LogP contribution in [-0.4, -0.2) is 42.8 Å². The summed E-state index contributed by atoms with van der Waals surface area (Å²) < 4.78 is 22.4. The van der Waals surface area contributed by atoms with E-state index in [-0.39, 0.29) is 6.10 Å². The average molecular weight is 318 g/mol. The molecule has 1 heterocycles. The standard InChI is InChI=1S/C17H34O5/c1-5-7-8-9-10-11-15(18)21-16(6-2)19-12-14-13-20-17(3,4)22-14/h14-16,18H,5-13H2,1-4H3. The Balaban J connectivity index is 2.13. The Hall–Kier alpha value is -0.200. The molecule has 1 saturated heterocycles. The molecule has 1 fully saturated rings. The summed E-state index contributed by atoms with van der Waals surface area (Å²) in [6.45, 7) is 8.91. The molecule has 0 aromatic rings. The molecule has 0 aliphatic carbocycles. The number of unbranched alkanes of at least 4 members (excludes halogenated alkanes) is 4. The van der Waals surface area contributed by atoms with Gasteiger partial charge in [0.2, 0.25) is 0 Å². The normalized spacial score (nSPS) is 23.6. The minimum absolute atomic E-state index is 0.0705. The zero-order valence-corrected chi connectivity index (χ0v) is 14.7. The van der Waals surface area contributed by atoms with Gasteiger partial charge in [0.15, 0.2) is 18.4 Å². The van der Waals surface area contributed by atoms with E-state index in [4.69, 9.17) is 18.9 Å². The number of hydrogen-bond acceptors (Lipinski definition) is 5. The first-order valence-electron chi connectivity index (χ1n) is 8.73. The third kappa shape index (κ3) is 8.44. The summed E-state index contributed by atoms with van der Waals surface area (Å²) in [5, 5.41) is 9.92. The molecule has 0 aromatic heterocycles. The molecule has 0 amide bonds. The third-order valence-electron chi connectivity index (χ3n) is 3.73. The van der Waals surface area contributed by atoms with Crippen LogP contribution in [0.5, 0.6) is 0 Å². The maximum absolute atomic E-state index is 9.92. The van der Waals surface area contributed by atoms with E-state index in [2.05, 4.69) is 6.92 Å². The van der Waals surface area contributed by atoms with Crippen molar-refractivity contribution in [3.8, 4) is 0 Å². The highest BCUT2D eigenvalue weighted by molar-refractivity contribution is 4.70. The second-order valence-corrected chi connectivity index (χ2v) is 6.42. The van der Waals surface area contributed by atoms with Crippen molar-refractivity contribution in [2.24, 2.45) is 0 Å². The molecule has 5 nitrogen and oxygen atoms in total. The van der Waals surface area contributed by atoms with Gasteiger partial charge in [-0.1, -0.05) is 39.5 Å². The van der Waals surface area contributed by atoms with E-state index >= 15 is 0 Å². The fourth-order valence-corrected chi connectivity index (χ4v) is 2.48. The first-order valence-corrected chi connectivity index (χ1v) is 8.73. The lowest BCUT2D eigenvalue weighted by Crippen LogP contribution is -2.29. The maximum atomic E-state index is 9.92. The monoisotopic (exact) mass is 318 g/mol. The molecular formula is C17H34O5. The highest BCUT2D eigenvalue weighted by atomic mass is 16.8. The van der Waals surface area contributed by atoms with E-state index in [9.17, 15) is 5.11 Å². The highest BCUT2D eigenvalue weighted by Gasteiger charge is 2.33. The molecule has 132 valence electrons. The lowest BCUT2D eigenvalue weighted by molar-refractivity contribution is -0.240. The molecule has 1 N–H and O–H groups in total. The van der Waals surface area contributed by atoms with Crippen LogP contribution in [0.2, 0.25) is 0 Å². The van der Waals surface area contributed by atoms with Gasteiger partial charge in [-0.2, -0.15) is 0 Å². The summed E-state index contributed by atoms with van der Waals surface area (Å²) in [7, 11) is 0. The predicted molar refractivity (Wildman–Crippen MR) is 85.4 cm³/mol. The molecule has 22 heavy (non-hydrogen) atoms. The SMILES string of the molecule is CCCCCCCC(O)OC(CC)OCC1COC(C)(C)O1. The maximum Gasteiger partial charge on any atom is 0.163 e.